The summed E-state index contributed by atoms with van der Waals surface area (Å²) in [5.74, 6) is 0.351. The molecule has 1 saturated heterocycles. The fourth-order valence-corrected chi connectivity index (χ4v) is 5.32. The van der Waals surface area contributed by atoms with Crippen molar-refractivity contribution < 1.29 is 13.2 Å². The standard InChI is InChI=1S/C22H24F3N3/c23-22(24,25)19-11-15(26)4-5-16(19)14-9-13-3-1-2-8-28-20-6-7-27-12-18(20)17(10-14)21(13)28/h4-5,9-11,18,20,27H,1-3,6-8,12,26H2/t18-,20-/m0/s1. The first kappa shape index (κ1) is 17.9. The minimum Gasteiger partial charge on any atom is -0.399 e. The molecule has 0 amide bonds. The summed E-state index contributed by atoms with van der Waals surface area (Å²) in [7, 11) is 0. The SMILES string of the molecule is Nc1ccc(-c2cc3c4c(c2)[C@@H]2CNCC[C@@H]2N4CCCC3)c(C(F)(F)F)c1. The van der Waals surface area contributed by atoms with Crippen molar-refractivity contribution in [1.29, 1.82) is 0 Å². The van der Waals surface area contributed by atoms with Crippen molar-refractivity contribution in [2.75, 3.05) is 30.3 Å². The molecule has 0 spiro atoms. The molecule has 3 aliphatic rings. The van der Waals surface area contributed by atoms with Crippen molar-refractivity contribution in [2.24, 2.45) is 0 Å². The van der Waals surface area contributed by atoms with Gasteiger partial charge in [-0.3, -0.25) is 0 Å². The summed E-state index contributed by atoms with van der Waals surface area (Å²) >= 11 is 0. The first-order valence-electron chi connectivity index (χ1n) is 10.0. The van der Waals surface area contributed by atoms with Crippen molar-refractivity contribution in [2.45, 2.75) is 43.8 Å². The second-order valence-corrected chi connectivity index (χ2v) is 8.19. The summed E-state index contributed by atoms with van der Waals surface area (Å²) in [6.07, 6.45) is -0.204. The van der Waals surface area contributed by atoms with E-state index in [1.165, 1.54) is 22.9 Å². The zero-order valence-electron chi connectivity index (χ0n) is 15.6. The van der Waals surface area contributed by atoms with Gasteiger partial charge in [0.25, 0.3) is 0 Å². The Morgan fingerprint density at radius 1 is 1.11 bits per heavy atom. The number of aryl methyl sites for hydroxylation is 1. The number of hydrogen-bond acceptors (Lipinski definition) is 3. The number of benzene rings is 2. The van der Waals surface area contributed by atoms with Gasteiger partial charge in [0.05, 0.1) is 5.56 Å². The van der Waals surface area contributed by atoms with Crippen molar-refractivity contribution in [1.82, 2.24) is 5.32 Å². The number of nitrogens with zero attached hydrogens (tertiary/aromatic N) is 1. The molecule has 0 unspecified atom stereocenters. The monoisotopic (exact) mass is 387 g/mol. The molecule has 1 fully saturated rings. The first-order chi connectivity index (χ1) is 13.4. The highest BCUT2D eigenvalue weighted by atomic mass is 19.4. The van der Waals surface area contributed by atoms with Crippen LogP contribution in [0, 0.1) is 0 Å². The zero-order valence-corrected chi connectivity index (χ0v) is 15.6. The molecule has 2 aromatic carbocycles. The molecule has 0 aromatic heterocycles. The van der Waals surface area contributed by atoms with Gasteiger partial charge in [0.15, 0.2) is 0 Å². The minimum absolute atomic E-state index is 0.137. The van der Waals surface area contributed by atoms with Crippen molar-refractivity contribution in [3.05, 3.63) is 47.0 Å². The number of nitrogen functional groups attached to an aromatic ring is 1. The lowest BCUT2D eigenvalue weighted by atomic mass is 9.86. The second-order valence-electron chi connectivity index (χ2n) is 8.19. The largest absolute Gasteiger partial charge is 0.417 e. The van der Waals surface area contributed by atoms with Crippen LogP contribution in [0.15, 0.2) is 30.3 Å². The second kappa shape index (κ2) is 6.41. The van der Waals surface area contributed by atoms with Gasteiger partial charge < -0.3 is 16.0 Å². The molecule has 6 heteroatoms. The van der Waals surface area contributed by atoms with E-state index in [1.54, 1.807) is 6.07 Å². The fraction of sp³-hybridized carbons (Fsp3) is 0.455. The molecule has 5 rings (SSSR count). The fourth-order valence-electron chi connectivity index (χ4n) is 5.32. The number of alkyl halides is 3. The van der Waals surface area contributed by atoms with Crippen LogP contribution in [0.5, 0.6) is 0 Å². The highest BCUT2D eigenvalue weighted by molar-refractivity contribution is 5.78. The highest BCUT2D eigenvalue weighted by Crippen LogP contribution is 2.49. The minimum atomic E-state index is -4.43. The Hall–Kier alpha value is -2.21. The molecule has 28 heavy (non-hydrogen) atoms. The van der Waals surface area contributed by atoms with Gasteiger partial charge in [-0.15, -0.1) is 0 Å². The molecule has 0 aliphatic carbocycles. The maximum atomic E-state index is 13.7. The summed E-state index contributed by atoms with van der Waals surface area (Å²) in [6, 6.07) is 8.60. The van der Waals surface area contributed by atoms with Gasteiger partial charge in [0.1, 0.15) is 0 Å². The number of hydrogen-bond donors (Lipinski definition) is 2. The quantitative estimate of drug-likeness (QED) is 0.705. The molecule has 0 radical (unpaired) electrons. The maximum absolute atomic E-state index is 13.7. The van der Waals surface area contributed by atoms with Crippen LogP contribution in [0.1, 0.15) is 41.9 Å². The van der Waals surface area contributed by atoms with E-state index in [2.05, 4.69) is 10.2 Å². The lowest BCUT2D eigenvalue weighted by Crippen LogP contribution is -2.44. The average molecular weight is 387 g/mol. The molecule has 3 heterocycles. The molecule has 0 bridgehead atoms. The lowest BCUT2D eigenvalue weighted by Gasteiger charge is -2.33. The van der Waals surface area contributed by atoms with E-state index in [-0.39, 0.29) is 11.3 Å². The summed E-state index contributed by atoms with van der Waals surface area (Å²) in [5.41, 5.74) is 9.75. The smallest absolute Gasteiger partial charge is 0.399 e. The van der Waals surface area contributed by atoms with Crippen LogP contribution >= 0.6 is 0 Å². The summed E-state index contributed by atoms with van der Waals surface area (Å²) in [4.78, 5) is 2.54. The van der Waals surface area contributed by atoms with Gasteiger partial charge in [-0.2, -0.15) is 13.2 Å². The lowest BCUT2D eigenvalue weighted by molar-refractivity contribution is -0.137. The van der Waals surface area contributed by atoms with Gasteiger partial charge in [-0.05, 0) is 78.7 Å². The molecule has 2 aromatic rings. The normalized spacial score (nSPS) is 23.9. The Bertz CT molecular complexity index is 922. The molecule has 148 valence electrons. The highest BCUT2D eigenvalue weighted by Gasteiger charge is 2.42. The van der Waals surface area contributed by atoms with Crippen LogP contribution in [-0.4, -0.2) is 25.7 Å². The van der Waals surface area contributed by atoms with E-state index in [1.807, 2.05) is 12.1 Å². The van der Waals surface area contributed by atoms with E-state index in [0.29, 0.717) is 17.5 Å². The topological polar surface area (TPSA) is 41.3 Å². The molecule has 3 N–H and O–H groups in total. The van der Waals surface area contributed by atoms with Gasteiger partial charge in [0, 0.05) is 36.4 Å². The zero-order chi connectivity index (χ0) is 19.5. The van der Waals surface area contributed by atoms with Crippen molar-refractivity contribution in [3.63, 3.8) is 0 Å². The first-order valence-corrected chi connectivity index (χ1v) is 10.0. The van der Waals surface area contributed by atoms with Crippen LogP contribution in [0.25, 0.3) is 11.1 Å². The van der Waals surface area contributed by atoms with Crippen LogP contribution in [-0.2, 0) is 12.6 Å². The number of piperidine rings is 1. The predicted octanol–water partition coefficient (Wildman–Crippen LogP) is 4.56. The van der Waals surface area contributed by atoms with Crippen molar-refractivity contribution >= 4 is 11.4 Å². The van der Waals surface area contributed by atoms with E-state index < -0.39 is 11.7 Å². The van der Waals surface area contributed by atoms with Crippen LogP contribution in [0.2, 0.25) is 0 Å². The summed E-state index contributed by atoms with van der Waals surface area (Å²) < 4.78 is 41.1. The Morgan fingerprint density at radius 2 is 1.96 bits per heavy atom. The maximum Gasteiger partial charge on any atom is 0.417 e. The Morgan fingerprint density at radius 3 is 2.79 bits per heavy atom. The Kier molecular flexibility index (Phi) is 4.09. The van der Waals surface area contributed by atoms with Crippen LogP contribution < -0.4 is 16.0 Å². The average Bonchev–Trinajstić information content (AvgIpc) is 2.82. The number of fused-ring (bicyclic) bond motifs is 3. The third-order valence-corrected chi connectivity index (χ3v) is 6.51. The number of halogens is 3. The molecule has 3 nitrogen and oxygen atoms in total. The van der Waals surface area contributed by atoms with E-state index in [0.717, 1.165) is 51.4 Å². The number of anilines is 2. The molecular formula is C22H24F3N3. The van der Waals surface area contributed by atoms with Crippen LogP contribution in [0.4, 0.5) is 24.5 Å². The van der Waals surface area contributed by atoms with E-state index in [4.69, 9.17) is 5.73 Å². The van der Waals surface area contributed by atoms with Crippen molar-refractivity contribution in [3.8, 4) is 11.1 Å². The molecule has 3 aliphatic heterocycles. The number of nitrogens with one attached hydrogen (secondary N) is 1. The summed E-state index contributed by atoms with van der Waals surface area (Å²) in [5, 5.41) is 3.48. The Labute approximate surface area is 162 Å². The van der Waals surface area contributed by atoms with Crippen LogP contribution in [0.3, 0.4) is 0 Å². The third kappa shape index (κ3) is 2.77. The molecule has 2 atom stereocenters. The predicted molar refractivity (Wildman–Crippen MR) is 106 cm³/mol. The van der Waals surface area contributed by atoms with Gasteiger partial charge >= 0.3 is 6.18 Å². The van der Waals surface area contributed by atoms with Gasteiger partial charge in [0.2, 0.25) is 0 Å². The number of rotatable bonds is 1. The van der Waals surface area contributed by atoms with E-state index >= 15 is 0 Å². The molecular weight excluding hydrogens is 363 g/mol. The molecule has 0 saturated carbocycles. The Balaban J connectivity index is 1.70. The van der Waals surface area contributed by atoms with Gasteiger partial charge in [-0.25, -0.2) is 0 Å². The number of nitrogens with two attached hydrogens (primary N) is 1. The van der Waals surface area contributed by atoms with Gasteiger partial charge in [-0.1, -0.05) is 6.07 Å². The summed E-state index contributed by atoms with van der Waals surface area (Å²) in [6.45, 7) is 2.95. The third-order valence-electron chi connectivity index (χ3n) is 6.51. The van der Waals surface area contributed by atoms with E-state index in [9.17, 15) is 13.2 Å².